The minimum atomic E-state index is -0.260. The molecule has 0 saturated carbocycles. The summed E-state index contributed by atoms with van der Waals surface area (Å²) in [4.78, 5) is 5.33. The van der Waals surface area contributed by atoms with E-state index in [1.54, 1.807) is 23.9 Å². The van der Waals surface area contributed by atoms with Crippen LogP contribution in [0.25, 0.3) is 11.3 Å². The Morgan fingerprint density at radius 3 is 2.65 bits per heavy atom. The van der Waals surface area contributed by atoms with Crippen LogP contribution in [0, 0.1) is 12.7 Å². The normalized spacial score (nSPS) is 12.2. The van der Waals surface area contributed by atoms with Crippen molar-refractivity contribution in [3.8, 4) is 11.3 Å². The van der Waals surface area contributed by atoms with Gasteiger partial charge in [0.1, 0.15) is 5.82 Å². The van der Waals surface area contributed by atoms with Gasteiger partial charge in [0.05, 0.1) is 25.1 Å². The Morgan fingerprint density at radius 1 is 1.15 bits per heavy atom. The van der Waals surface area contributed by atoms with Gasteiger partial charge in [-0.3, -0.25) is 4.99 Å². The van der Waals surface area contributed by atoms with Crippen molar-refractivity contribution >= 4 is 17.6 Å². The van der Waals surface area contributed by atoms with Crippen molar-refractivity contribution < 1.29 is 9.13 Å². The van der Waals surface area contributed by atoms with Crippen LogP contribution in [0.4, 0.5) is 4.39 Å². The molecule has 0 aliphatic carbocycles. The molecule has 6 heteroatoms. The third-order valence-corrected chi connectivity index (χ3v) is 4.72. The Hall–Kier alpha value is -2.57. The standard InChI is InChI=1S/C20H20FN3OS/c1-15-5-3-4-6-17(15)13-23-24-19(16-7-9-18(21)10-8-16)14-26-20(24)22-11-12-25-2/h3-10,13-14H,11-12H2,1-2H3/b22-20?,23-13-. The molecule has 0 N–H and O–H groups in total. The van der Waals surface area contributed by atoms with E-state index in [2.05, 4.69) is 10.1 Å². The molecule has 2 aromatic carbocycles. The van der Waals surface area contributed by atoms with Crippen LogP contribution in [0.2, 0.25) is 0 Å². The monoisotopic (exact) mass is 369 g/mol. The zero-order valence-electron chi connectivity index (χ0n) is 14.7. The molecule has 3 rings (SSSR count). The predicted molar refractivity (Wildman–Crippen MR) is 104 cm³/mol. The average molecular weight is 369 g/mol. The van der Waals surface area contributed by atoms with Gasteiger partial charge in [0.25, 0.3) is 0 Å². The molecule has 0 radical (unpaired) electrons. The average Bonchev–Trinajstić information content (AvgIpc) is 3.05. The lowest BCUT2D eigenvalue weighted by molar-refractivity contribution is 0.207. The van der Waals surface area contributed by atoms with Gasteiger partial charge in [-0.1, -0.05) is 24.3 Å². The van der Waals surface area contributed by atoms with Gasteiger partial charge in [0.15, 0.2) is 0 Å². The first-order chi connectivity index (χ1) is 12.7. The topological polar surface area (TPSA) is 38.9 Å². The lowest BCUT2D eigenvalue weighted by atomic mass is 10.1. The van der Waals surface area contributed by atoms with E-state index in [0.717, 1.165) is 27.2 Å². The first-order valence-electron chi connectivity index (χ1n) is 8.25. The zero-order chi connectivity index (χ0) is 18.4. The highest BCUT2D eigenvalue weighted by Gasteiger charge is 2.07. The molecule has 0 amide bonds. The van der Waals surface area contributed by atoms with E-state index in [4.69, 9.17) is 4.74 Å². The number of rotatable bonds is 6. The van der Waals surface area contributed by atoms with Gasteiger partial charge < -0.3 is 4.74 Å². The number of thiazole rings is 1. The molecule has 0 bridgehead atoms. The van der Waals surface area contributed by atoms with Gasteiger partial charge in [-0.2, -0.15) is 5.10 Å². The molecule has 0 aliphatic rings. The van der Waals surface area contributed by atoms with Gasteiger partial charge in [0, 0.05) is 18.1 Å². The lowest BCUT2D eigenvalue weighted by Gasteiger charge is -2.04. The highest BCUT2D eigenvalue weighted by molar-refractivity contribution is 7.07. The maximum absolute atomic E-state index is 13.3. The molecule has 3 aromatic rings. The second-order valence-electron chi connectivity index (χ2n) is 5.70. The number of benzene rings is 2. The number of halogens is 1. The summed E-state index contributed by atoms with van der Waals surface area (Å²) in [5, 5.41) is 6.63. The highest BCUT2D eigenvalue weighted by atomic mass is 32.1. The summed E-state index contributed by atoms with van der Waals surface area (Å²) in [7, 11) is 1.65. The first-order valence-corrected chi connectivity index (χ1v) is 9.13. The number of hydrogen-bond donors (Lipinski definition) is 0. The molecule has 0 saturated heterocycles. The molecule has 26 heavy (non-hydrogen) atoms. The van der Waals surface area contributed by atoms with Crippen molar-refractivity contribution in [1.82, 2.24) is 4.68 Å². The van der Waals surface area contributed by atoms with Gasteiger partial charge in [-0.05, 0) is 42.3 Å². The first kappa shape index (κ1) is 18.2. The van der Waals surface area contributed by atoms with Gasteiger partial charge >= 0.3 is 0 Å². The smallest absolute Gasteiger partial charge is 0.206 e. The summed E-state index contributed by atoms with van der Waals surface area (Å²) in [6, 6.07) is 14.4. The number of aryl methyl sites for hydroxylation is 1. The van der Waals surface area contributed by atoms with Crippen LogP contribution in [0.5, 0.6) is 0 Å². The fourth-order valence-corrected chi connectivity index (χ4v) is 3.29. The molecule has 4 nitrogen and oxygen atoms in total. The minimum Gasteiger partial charge on any atom is -0.383 e. The number of nitrogens with zero attached hydrogens (tertiary/aromatic N) is 3. The Bertz CT molecular complexity index is 958. The second kappa shape index (κ2) is 8.69. The van der Waals surface area contributed by atoms with Crippen LogP contribution in [0.15, 0.2) is 64.0 Å². The minimum absolute atomic E-state index is 0.260. The van der Waals surface area contributed by atoms with Crippen molar-refractivity contribution in [3.05, 3.63) is 75.7 Å². The number of ether oxygens (including phenoxy) is 1. The van der Waals surface area contributed by atoms with E-state index >= 15 is 0 Å². The van der Waals surface area contributed by atoms with Crippen LogP contribution in [0.3, 0.4) is 0 Å². The van der Waals surface area contributed by atoms with Crippen molar-refractivity contribution in [2.45, 2.75) is 6.92 Å². The van der Waals surface area contributed by atoms with Crippen LogP contribution in [-0.4, -0.2) is 31.2 Å². The van der Waals surface area contributed by atoms with Crippen LogP contribution in [0.1, 0.15) is 11.1 Å². The van der Waals surface area contributed by atoms with Gasteiger partial charge in [0.2, 0.25) is 4.80 Å². The fourth-order valence-electron chi connectivity index (χ4n) is 2.42. The van der Waals surface area contributed by atoms with Crippen LogP contribution < -0.4 is 4.80 Å². The van der Waals surface area contributed by atoms with E-state index in [9.17, 15) is 4.39 Å². The Labute approximate surface area is 155 Å². The summed E-state index contributed by atoms with van der Waals surface area (Å²) in [5.41, 5.74) is 3.95. The maximum atomic E-state index is 13.3. The molecule has 134 valence electrons. The van der Waals surface area contributed by atoms with Crippen LogP contribution in [-0.2, 0) is 4.74 Å². The van der Waals surface area contributed by atoms with E-state index in [1.165, 1.54) is 23.5 Å². The fraction of sp³-hybridized carbons (Fsp3) is 0.200. The molecule has 0 spiro atoms. The largest absolute Gasteiger partial charge is 0.383 e. The molecule has 0 unspecified atom stereocenters. The SMILES string of the molecule is COCCN=c1scc(-c2ccc(F)cc2)n1/N=C\c1ccccc1C. The van der Waals surface area contributed by atoms with E-state index in [1.807, 2.05) is 42.8 Å². The van der Waals surface area contributed by atoms with Crippen molar-refractivity contribution in [2.24, 2.45) is 10.1 Å². The number of aromatic nitrogens is 1. The van der Waals surface area contributed by atoms with E-state index in [0.29, 0.717) is 13.2 Å². The van der Waals surface area contributed by atoms with Crippen molar-refractivity contribution in [1.29, 1.82) is 0 Å². The zero-order valence-corrected chi connectivity index (χ0v) is 15.5. The van der Waals surface area contributed by atoms with E-state index in [-0.39, 0.29) is 5.82 Å². The molecule has 0 fully saturated rings. The number of methoxy groups -OCH3 is 1. The van der Waals surface area contributed by atoms with Gasteiger partial charge in [-0.15, -0.1) is 11.3 Å². The quantitative estimate of drug-likeness (QED) is 0.476. The summed E-state index contributed by atoms with van der Waals surface area (Å²) in [6.07, 6.45) is 1.82. The number of hydrogen-bond acceptors (Lipinski definition) is 4. The van der Waals surface area contributed by atoms with Crippen molar-refractivity contribution in [3.63, 3.8) is 0 Å². The summed E-state index contributed by atoms with van der Waals surface area (Å²) in [5.74, 6) is -0.260. The second-order valence-corrected chi connectivity index (χ2v) is 6.53. The summed E-state index contributed by atoms with van der Waals surface area (Å²) >= 11 is 1.50. The van der Waals surface area contributed by atoms with Crippen LogP contribution >= 0.6 is 11.3 Å². The third-order valence-electron chi connectivity index (χ3n) is 3.87. The highest BCUT2D eigenvalue weighted by Crippen LogP contribution is 2.20. The van der Waals surface area contributed by atoms with Crippen molar-refractivity contribution in [2.75, 3.05) is 20.3 Å². The molecule has 1 heterocycles. The summed E-state index contributed by atoms with van der Waals surface area (Å²) in [6.45, 7) is 3.15. The molecule has 1 aromatic heterocycles. The Morgan fingerprint density at radius 2 is 1.92 bits per heavy atom. The van der Waals surface area contributed by atoms with E-state index < -0.39 is 0 Å². The third kappa shape index (κ3) is 4.33. The molecular weight excluding hydrogens is 349 g/mol. The molecular formula is C20H20FN3OS. The Kier molecular flexibility index (Phi) is 6.09. The molecule has 0 atom stereocenters. The molecule has 0 aliphatic heterocycles. The Balaban J connectivity index is 2.04. The van der Waals surface area contributed by atoms with Gasteiger partial charge in [-0.25, -0.2) is 9.07 Å². The summed E-state index contributed by atoms with van der Waals surface area (Å²) < 4.78 is 20.1. The maximum Gasteiger partial charge on any atom is 0.206 e. The predicted octanol–water partition coefficient (Wildman–Crippen LogP) is 4.09. The lowest BCUT2D eigenvalue weighted by Crippen LogP contribution is -2.13.